The van der Waals surface area contributed by atoms with Gasteiger partial charge < -0.3 is 9.30 Å². The minimum absolute atomic E-state index is 0.116. The lowest BCUT2D eigenvalue weighted by atomic mass is 9.90. The molecule has 0 N–H and O–H groups in total. The van der Waals surface area contributed by atoms with Crippen LogP contribution in [0.15, 0.2) is 84.1 Å². The van der Waals surface area contributed by atoms with Crippen molar-refractivity contribution in [1.29, 1.82) is 0 Å². The second kappa shape index (κ2) is 11.2. The summed E-state index contributed by atoms with van der Waals surface area (Å²) in [5.74, 6) is 0.570. The summed E-state index contributed by atoms with van der Waals surface area (Å²) in [6, 6.07) is 17.3. The SMILES string of the molecule is COc1ccc(CN(C)S(=O)(=O)c2ccc(C[C@H](C)c3ccc(C(F)(F)F)cc3)c(-c3cn(C)cn3)c2)cc1. The fourth-order valence-corrected chi connectivity index (χ4v) is 5.57. The molecule has 39 heavy (non-hydrogen) atoms. The molecular formula is C29H30F3N3O3S. The van der Waals surface area contributed by atoms with Gasteiger partial charge in [-0.05, 0) is 65.4 Å². The highest BCUT2D eigenvalue weighted by molar-refractivity contribution is 7.89. The first-order valence-corrected chi connectivity index (χ1v) is 13.7. The molecule has 10 heteroatoms. The molecule has 0 unspecified atom stereocenters. The van der Waals surface area contributed by atoms with Crippen LogP contribution in [-0.2, 0) is 36.2 Å². The Kier molecular flexibility index (Phi) is 8.17. The van der Waals surface area contributed by atoms with Crippen LogP contribution in [0.3, 0.4) is 0 Å². The van der Waals surface area contributed by atoms with Crippen LogP contribution >= 0.6 is 0 Å². The first-order chi connectivity index (χ1) is 18.4. The lowest BCUT2D eigenvalue weighted by Crippen LogP contribution is -2.26. The van der Waals surface area contributed by atoms with Gasteiger partial charge in [0.05, 0.1) is 29.6 Å². The zero-order chi connectivity index (χ0) is 28.4. The number of halogens is 3. The van der Waals surface area contributed by atoms with Crippen LogP contribution in [0.25, 0.3) is 11.3 Å². The van der Waals surface area contributed by atoms with Crippen molar-refractivity contribution in [2.75, 3.05) is 14.2 Å². The van der Waals surface area contributed by atoms with E-state index in [1.54, 1.807) is 54.5 Å². The second-order valence-corrected chi connectivity index (χ2v) is 11.6. The Morgan fingerprint density at radius 1 is 1.03 bits per heavy atom. The summed E-state index contributed by atoms with van der Waals surface area (Å²) >= 11 is 0. The van der Waals surface area contributed by atoms with E-state index in [1.807, 2.05) is 26.1 Å². The number of rotatable bonds is 9. The van der Waals surface area contributed by atoms with Gasteiger partial charge in [-0.1, -0.05) is 37.3 Å². The maximum atomic E-state index is 13.5. The summed E-state index contributed by atoms with van der Waals surface area (Å²) in [5, 5.41) is 0. The van der Waals surface area contributed by atoms with E-state index in [-0.39, 0.29) is 17.4 Å². The van der Waals surface area contributed by atoms with Crippen molar-refractivity contribution >= 4 is 10.0 Å². The Balaban J connectivity index is 1.63. The summed E-state index contributed by atoms with van der Waals surface area (Å²) < 4.78 is 74.2. The third-order valence-electron chi connectivity index (χ3n) is 6.67. The molecule has 3 aromatic carbocycles. The average Bonchev–Trinajstić information content (AvgIpc) is 3.34. The molecule has 0 aliphatic rings. The summed E-state index contributed by atoms with van der Waals surface area (Å²) in [6.45, 7) is 2.11. The molecule has 1 atom stereocenters. The lowest BCUT2D eigenvalue weighted by Gasteiger charge is -2.20. The minimum Gasteiger partial charge on any atom is -0.497 e. The monoisotopic (exact) mass is 557 g/mol. The van der Waals surface area contributed by atoms with Gasteiger partial charge in [0.25, 0.3) is 0 Å². The smallest absolute Gasteiger partial charge is 0.416 e. The molecule has 4 aromatic rings. The van der Waals surface area contributed by atoms with Gasteiger partial charge in [-0.25, -0.2) is 13.4 Å². The van der Waals surface area contributed by atoms with Gasteiger partial charge in [0.2, 0.25) is 10.0 Å². The molecule has 0 amide bonds. The summed E-state index contributed by atoms with van der Waals surface area (Å²) in [6.07, 6.45) is -0.469. The van der Waals surface area contributed by atoms with Crippen molar-refractivity contribution in [2.24, 2.45) is 7.05 Å². The van der Waals surface area contributed by atoms with Gasteiger partial charge in [-0.3, -0.25) is 0 Å². The first-order valence-electron chi connectivity index (χ1n) is 12.3. The number of alkyl halides is 3. The molecule has 0 spiro atoms. The molecule has 1 heterocycles. The van der Waals surface area contributed by atoms with E-state index < -0.39 is 21.8 Å². The highest BCUT2D eigenvalue weighted by atomic mass is 32.2. The lowest BCUT2D eigenvalue weighted by molar-refractivity contribution is -0.137. The van der Waals surface area contributed by atoms with Gasteiger partial charge in [-0.2, -0.15) is 17.5 Å². The first kappa shape index (κ1) is 28.4. The van der Waals surface area contributed by atoms with Gasteiger partial charge >= 0.3 is 6.18 Å². The van der Waals surface area contributed by atoms with Crippen molar-refractivity contribution in [3.63, 3.8) is 0 Å². The highest BCUT2D eigenvalue weighted by Crippen LogP contribution is 2.33. The van der Waals surface area contributed by atoms with Crippen LogP contribution in [0.2, 0.25) is 0 Å². The molecule has 4 rings (SSSR count). The van der Waals surface area contributed by atoms with Crippen LogP contribution in [0, 0.1) is 0 Å². The second-order valence-electron chi connectivity index (χ2n) is 9.58. The third kappa shape index (κ3) is 6.51. The molecule has 1 aromatic heterocycles. The Hall–Kier alpha value is -3.63. The normalized spacial score (nSPS) is 13.0. The molecule has 206 valence electrons. The van der Waals surface area contributed by atoms with E-state index in [2.05, 4.69) is 4.98 Å². The number of benzene rings is 3. The van der Waals surface area contributed by atoms with Crippen LogP contribution in [0.5, 0.6) is 5.75 Å². The van der Waals surface area contributed by atoms with Crippen molar-refractivity contribution in [2.45, 2.75) is 36.9 Å². The van der Waals surface area contributed by atoms with Gasteiger partial charge in [0.15, 0.2) is 0 Å². The maximum absolute atomic E-state index is 13.5. The fourth-order valence-electron chi connectivity index (χ4n) is 4.39. The quantitative estimate of drug-likeness (QED) is 0.243. The summed E-state index contributed by atoms with van der Waals surface area (Å²) in [4.78, 5) is 4.56. The number of nitrogens with zero attached hydrogens (tertiary/aromatic N) is 3. The predicted molar refractivity (Wildman–Crippen MR) is 144 cm³/mol. The highest BCUT2D eigenvalue weighted by Gasteiger charge is 2.30. The Bertz CT molecular complexity index is 1530. The summed E-state index contributed by atoms with van der Waals surface area (Å²) in [5.41, 5.74) is 2.99. The van der Waals surface area contributed by atoms with Crippen molar-refractivity contribution in [3.8, 4) is 17.0 Å². The van der Waals surface area contributed by atoms with Crippen molar-refractivity contribution < 1.29 is 26.3 Å². The number of aryl methyl sites for hydroxylation is 1. The van der Waals surface area contributed by atoms with E-state index in [1.165, 1.54) is 23.5 Å². The number of aromatic nitrogens is 2. The number of sulfonamides is 1. The number of methoxy groups -OCH3 is 1. The molecule has 0 saturated carbocycles. The van der Waals surface area contributed by atoms with Crippen molar-refractivity contribution in [3.05, 3.63) is 102 Å². The summed E-state index contributed by atoms with van der Waals surface area (Å²) in [7, 11) is 1.09. The van der Waals surface area contributed by atoms with Gasteiger partial charge in [0, 0.05) is 32.4 Å². The largest absolute Gasteiger partial charge is 0.497 e. The molecule has 0 saturated heterocycles. The van der Waals surface area contributed by atoms with E-state index in [0.29, 0.717) is 23.4 Å². The van der Waals surface area contributed by atoms with Gasteiger partial charge in [-0.15, -0.1) is 0 Å². The molecule has 6 nitrogen and oxygen atoms in total. The van der Waals surface area contributed by atoms with Crippen LogP contribution in [0.4, 0.5) is 13.2 Å². The molecule has 0 bridgehead atoms. The third-order valence-corrected chi connectivity index (χ3v) is 8.47. The number of hydrogen-bond acceptors (Lipinski definition) is 4. The minimum atomic E-state index is -4.39. The van der Waals surface area contributed by atoms with Crippen molar-refractivity contribution in [1.82, 2.24) is 13.9 Å². The number of hydrogen-bond donors (Lipinski definition) is 0. The molecule has 0 aliphatic heterocycles. The zero-order valence-electron chi connectivity index (χ0n) is 22.1. The average molecular weight is 558 g/mol. The Morgan fingerprint density at radius 2 is 1.69 bits per heavy atom. The van der Waals surface area contributed by atoms with Crippen LogP contribution in [-0.4, -0.2) is 36.4 Å². The van der Waals surface area contributed by atoms with Gasteiger partial charge in [0.1, 0.15) is 5.75 Å². The van der Waals surface area contributed by atoms with E-state index in [0.717, 1.165) is 28.8 Å². The Morgan fingerprint density at radius 3 is 2.26 bits per heavy atom. The maximum Gasteiger partial charge on any atom is 0.416 e. The van der Waals surface area contributed by atoms with Crippen LogP contribution in [0.1, 0.15) is 35.1 Å². The van der Waals surface area contributed by atoms with E-state index in [9.17, 15) is 21.6 Å². The standard InChI is InChI=1S/C29H30F3N3O3S/c1-20(22-7-10-24(11-8-22)29(30,31)32)15-23-9-14-26(16-27(23)28-18-34(2)19-33-28)39(36,37)35(3)17-21-5-12-25(38-4)13-6-21/h5-14,16,18-20H,15,17H2,1-4H3/t20-/m0/s1. The van der Waals surface area contributed by atoms with E-state index in [4.69, 9.17) is 4.74 Å². The fraction of sp³-hybridized carbons (Fsp3) is 0.276. The Labute approximate surface area is 226 Å². The predicted octanol–water partition coefficient (Wildman–Crippen LogP) is 6.28. The molecule has 0 aliphatic carbocycles. The molecule has 0 fully saturated rings. The number of ether oxygens (including phenoxy) is 1. The molecule has 0 radical (unpaired) electrons. The number of imidazole rings is 1. The van der Waals surface area contributed by atoms with Crippen LogP contribution < -0.4 is 4.74 Å². The zero-order valence-corrected chi connectivity index (χ0v) is 22.9. The molecular weight excluding hydrogens is 527 g/mol. The van der Waals surface area contributed by atoms with E-state index >= 15 is 0 Å². The topological polar surface area (TPSA) is 64.4 Å².